The van der Waals surface area contributed by atoms with Gasteiger partial charge in [0.15, 0.2) is 6.10 Å². The van der Waals surface area contributed by atoms with Crippen LogP contribution in [0.15, 0.2) is 23.0 Å². The number of furan rings is 1. The summed E-state index contributed by atoms with van der Waals surface area (Å²) >= 11 is 0. The number of rotatable bonds is 4. The van der Waals surface area contributed by atoms with E-state index in [4.69, 9.17) is 28.1 Å². The molecule has 2 aliphatic heterocycles. The van der Waals surface area contributed by atoms with E-state index in [0.717, 1.165) is 5.56 Å². The zero-order valence-electron chi connectivity index (χ0n) is 25.7. The van der Waals surface area contributed by atoms with Gasteiger partial charge in [0.2, 0.25) is 0 Å². The first-order valence-electron chi connectivity index (χ1n) is 15.0. The average molecular weight is 587 g/mol. The number of carbonyl (C=O) groups is 4. The van der Waals surface area contributed by atoms with E-state index < -0.39 is 81.7 Å². The van der Waals surface area contributed by atoms with Gasteiger partial charge in [0, 0.05) is 54.4 Å². The molecule has 42 heavy (non-hydrogen) atoms. The highest BCUT2D eigenvalue weighted by Crippen LogP contribution is 2.80. The lowest BCUT2D eigenvalue weighted by Gasteiger charge is -2.71. The predicted octanol–water partition coefficient (Wildman–Crippen LogP) is 4.69. The number of epoxide rings is 1. The zero-order chi connectivity index (χ0) is 30.6. The van der Waals surface area contributed by atoms with Crippen molar-refractivity contribution >= 4 is 23.9 Å². The Morgan fingerprint density at radius 1 is 0.833 bits per heavy atom. The molecule has 0 radical (unpaired) electrons. The maximum Gasteiger partial charge on any atom is 0.339 e. The van der Waals surface area contributed by atoms with Crippen molar-refractivity contribution in [3.63, 3.8) is 0 Å². The van der Waals surface area contributed by atoms with Gasteiger partial charge in [-0.05, 0) is 37.2 Å². The monoisotopic (exact) mass is 586 g/mol. The van der Waals surface area contributed by atoms with Crippen molar-refractivity contribution < 1.29 is 47.3 Å². The van der Waals surface area contributed by atoms with Gasteiger partial charge in [-0.15, -0.1) is 0 Å². The second-order valence-corrected chi connectivity index (χ2v) is 14.4. The van der Waals surface area contributed by atoms with E-state index in [9.17, 15) is 19.2 Å². The first kappa shape index (κ1) is 29.2. The van der Waals surface area contributed by atoms with Crippen LogP contribution in [0.1, 0.15) is 92.7 Å². The van der Waals surface area contributed by atoms with Crippen LogP contribution in [-0.4, -0.2) is 53.9 Å². The average Bonchev–Trinajstić information content (AvgIpc) is 3.45. The summed E-state index contributed by atoms with van der Waals surface area (Å²) in [6.45, 7) is 14.7. The summed E-state index contributed by atoms with van der Waals surface area (Å²) in [4.78, 5) is 50.9. The summed E-state index contributed by atoms with van der Waals surface area (Å²) in [6.07, 6.45) is 2.16. The molecule has 1 aromatic rings. The van der Waals surface area contributed by atoms with Gasteiger partial charge in [-0.25, -0.2) is 4.79 Å². The fourth-order valence-electron chi connectivity index (χ4n) is 10.6. The molecule has 6 rings (SSSR count). The van der Waals surface area contributed by atoms with Gasteiger partial charge >= 0.3 is 23.9 Å². The fourth-order valence-corrected chi connectivity index (χ4v) is 10.6. The van der Waals surface area contributed by atoms with Crippen molar-refractivity contribution in [2.24, 2.45) is 33.5 Å². The van der Waals surface area contributed by atoms with Gasteiger partial charge in [0.25, 0.3) is 0 Å². The summed E-state index contributed by atoms with van der Waals surface area (Å²) in [5, 5.41) is 0. The third-order valence-corrected chi connectivity index (χ3v) is 12.2. The maximum absolute atomic E-state index is 13.5. The van der Waals surface area contributed by atoms with Crippen LogP contribution in [0.5, 0.6) is 0 Å². The summed E-state index contributed by atoms with van der Waals surface area (Å²) in [5.74, 6) is -2.01. The Labute approximate surface area is 246 Å². The summed E-state index contributed by atoms with van der Waals surface area (Å²) in [6, 6.07) is 1.81. The Kier molecular flexibility index (Phi) is 6.30. The molecule has 0 bridgehead atoms. The number of cyclic esters (lactones) is 1. The molecule has 0 amide bonds. The van der Waals surface area contributed by atoms with Crippen LogP contribution in [0.25, 0.3) is 0 Å². The molecule has 10 nitrogen and oxygen atoms in total. The molecule has 3 saturated carbocycles. The number of esters is 4. The molecule has 3 aliphatic carbocycles. The van der Waals surface area contributed by atoms with Crippen LogP contribution in [0.4, 0.5) is 0 Å². The Hall–Kier alpha value is -2.88. The maximum atomic E-state index is 13.5. The summed E-state index contributed by atoms with van der Waals surface area (Å²) in [5.41, 5.74) is -2.88. The van der Waals surface area contributed by atoms with Crippen molar-refractivity contribution in [1.29, 1.82) is 0 Å². The van der Waals surface area contributed by atoms with Crippen molar-refractivity contribution in [2.75, 3.05) is 0 Å². The van der Waals surface area contributed by atoms with Gasteiger partial charge in [0.05, 0.1) is 12.5 Å². The van der Waals surface area contributed by atoms with Gasteiger partial charge in [0.1, 0.15) is 30.0 Å². The number of carbonyl (C=O) groups excluding carboxylic acids is 4. The van der Waals surface area contributed by atoms with E-state index in [-0.39, 0.29) is 11.8 Å². The second kappa shape index (κ2) is 9.07. The normalized spacial score (nSPS) is 46.5. The van der Waals surface area contributed by atoms with E-state index in [1.54, 1.807) is 12.5 Å². The highest BCUT2D eigenvalue weighted by Gasteiger charge is 2.89. The largest absolute Gasteiger partial charge is 0.472 e. The standard InChI is InChI=1S/C32H42O10/c1-16(33)38-22-14-23(39-17(2)34)30(7)20-9-11-29(6)25(19-10-12-37-15-19)41-27(36)26-32(29,42-26)31(20,8)24(40-18(3)35)13-21(30)28(22,4)5/h10,12,15,20-26H,9,11,13-14H2,1-8H3/t20?,21-,22+,23+,24+,25+,26+,29+,30-,31+,32-/m1/s1. The lowest BCUT2D eigenvalue weighted by atomic mass is 9.34. The van der Waals surface area contributed by atoms with Crippen LogP contribution in [0.2, 0.25) is 0 Å². The topological polar surface area (TPSA) is 131 Å². The third kappa shape index (κ3) is 3.53. The molecule has 2 saturated heterocycles. The van der Waals surface area contributed by atoms with Gasteiger partial charge < -0.3 is 28.1 Å². The molecule has 1 aromatic heterocycles. The van der Waals surface area contributed by atoms with Crippen molar-refractivity contribution in [2.45, 2.75) is 117 Å². The third-order valence-electron chi connectivity index (χ3n) is 12.2. The van der Waals surface area contributed by atoms with Crippen molar-refractivity contribution in [1.82, 2.24) is 0 Å². The first-order chi connectivity index (χ1) is 19.5. The van der Waals surface area contributed by atoms with Crippen molar-refractivity contribution in [3.8, 4) is 0 Å². The molecule has 3 heterocycles. The molecular weight excluding hydrogens is 544 g/mol. The molecule has 10 heteroatoms. The number of hydrogen-bond acceptors (Lipinski definition) is 10. The van der Waals surface area contributed by atoms with Crippen LogP contribution in [0.3, 0.4) is 0 Å². The lowest BCUT2D eigenvalue weighted by Crippen LogP contribution is -2.75. The van der Waals surface area contributed by atoms with Crippen LogP contribution < -0.4 is 0 Å². The summed E-state index contributed by atoms with van der Waals surface area (Å²) in [7, 11) is 0. The highest BCUT2D eigenvalue weighted by atomic mass is 16.7. The zero-order valence-corrected chi connectivity index (χ0v) is 25.7. The van der Waals surface area contributed by atoms with Crippen LogP contribution >= 0.6 is 0 Å². The molecule has 1 unspecified atom stereocenters. The Morgan fingerprint density at radius 2 is 1.45 bits per heavy atom. The highest BCUT2D eigenvalue weighted by molar-refractivity contribution is 5.82. The molecule has 11 atom stereocenters. The van der Waals surface area contributed by atoms with Crippen LogP contribution in [0, 0.1) is 33.5 Å². The molecule has 1 spiro atoms. The molecule has 5 aliphatic rings. The molecule has 0 N–H and O–H groups in total. The quantitative estimate of drug-likeness (QED) is 0.278. The molecule has 230 valence electrons. The molecular formula is C32H42O10. The van der Waals surface area contributed by atoms with Gasteiger partial charge in [-0.1, -0.05) is 34.6 Å². The molecule has 5 fully saturated rings. The minimum Gasteiger partial charge on any atom is -0.472 e. The van der Waals surface area contributed by atoms with Crippen LogP contribution in [-0.2, 0) is 42.9 Å². The predicted molar refractivity (Wildman–Crippen MR) is 145 cm³/mol. The first-order valence-corrected chi connectivity index (χ1v) is 15.0. The minimum atomic E-state index is -0.994. The lowest BCUT2D eigenvalue weighted by molar-refractivity contribution is -0.298. The van der Waals surface area contributed by atoms with Gasteiger partial charge in [-0.3, -0.25) is 14.4 Å². The van der Waals surface area contributed by atoms with E-state index in [0.29, 0.717) is 25.7 Å². The number of hydrogen-bond donors (Lipinski definition) is 0. The Morgan fingerprint density at radius 3 is 2.05 bits per heavy atom. The SMILES string of the molecule is CC(=O)O[C@H]1C[C@H](OC(C)=O)[C@]2(C)C3CC[C@@]4(C)[C@H](c5ccoc5)OC(=O)[C@@H]5O[C@]54[C@]3(C)[C@@H](OC(C)=O)C[C@@H]2C1(C)C. The van der Waals surface area contributed by atoms with Crippen molar-refractivity contribution in [3.05, 3.63) is 24.2 Å². The molecule has 0 aromatic carbocycles. The Balaban J connectivity index is 1.54. The summed E-state index contributed by atoms with van der Waals surface area (Å²) < 4.78 is 36.2. The minimum absolute atomic E-state index is 0.159. The van der Waals surface area contributed by atoms with E-state index in [1.165, 1.54) is 20.8 Å². The number of fused-ring (bicyclic) bond motifs is 3. The fraction of sp³-hybridized carbons (Fsp3) is 0.750. The van der Waals surface area contributed by atoms with E-state index in [1.807, 2.05) is 6.07 Å². The Bertz CT molecular complexity index is 1320. The smallest absolute Gasteiger partial charge is 0.339 e. The number of ether oxygens (including phenoxy) is 5. The van der Waals surface area contributed by atoms with E-state index >= 15 is 0 Å². The second-order valence-electron chi connectivity index (χ2n) is 14.4. The van der Waals surface area contributed by atoms with E-state index in [2.05, 4.69) is 34.6 Å². The van der Waals surface area contributed by atoms with Gasteiger partial charge in [-0.2, -0.15) is 0 Å².